The van der Waals surface area contributed by atoms with Crippen LogP contribution in [-0.2, 0) is 6.54 Å². The molecule has 3 nitrogen and oxygen atoms in total. The van der Waals surface area contributed by atoms with Gasteiger partial charge in [-0.2, -0.15) is 0 Å². The molecule has 0 aromatic carbocycles. The highest BCUT2D eigenvalue weighted by molar-refractivity contribution is 7.13. The molecule has 2 rings (SSSR count). The Balaban J connectivity index is 1.86. The molecule has 2 heterocycles. The van der Waals surface area contributed by atoms with E-state index in [2.05, 4.69) is 43.3 Å². The Morgan fingerprint density at radius 3 is 2.89 bits per heavy atom. The van der Waals surface area contributed by atoms with Crippen LogP contribution in [0.3, 0.4) is 0 Å². The van der Waals surface area contributed by atoms with Crippen molar-refractivity contribution < 1.29 is 0 Å². The van der Waals surface area contributed by atoms with Gasteiger partial charge >= 0.3 is 0 Å². The first-order valence-corrected chi connectivity index (χ1v) is 8.34. The van der Waals surface area contributed by atoms with Gasteiger partial charge in [0.05, 0.1) is 5.69 Å². The van der Waals surface area contributed by atoms with Crippen molar-refractivity contribution in [3.8, 4) is 0 Å². The lowest BCUT2D eigenvalue weighted by atomic mass is 9.89. The summed E-state index contributed by atoms with van der Waals surface area (Å²) in [7, 11) is 0. The molecule has 108 valence electrons. The van der Waals surface area contributed by atoms with Gasteiger partial charge in [-0.15, -0.1) is 11.3 Å². The Bertz CT molecular complexity index is 388. The van der Waals surface area contributed by atoms with Crippen LogP contribution in [-0.4, -0.2) is 24.6 Å². The van der Waals surface area contributed by atoms with Crippen LogP contribution in [0, 0.1) is 17.8 Å². The topological polar surface area (TPSA) is 28.2 Å². The molecule has 0 radical (unpaired) electrons. The second-order valence-corrected chi connectivity index (χ2v) is 7.17. The van der Waals surface area contributed by atoms with Crippen LogP contribution >= 0.6 is 11.3 Å². The maximum Gasteiger partial charge on any atom is 0.185 e. The van der Waals surface area contributed by atoms with Crippen LogP contribution in [0.15, 0.2) is 5.38 Å². The number of aromatic nitrogens is 1. The number of hydrogen-bond donors (Lipinski definition) is 1. The van der Waals surface area contributed by atoms with E-state index in [1.165, 1.54) is 17.2 Å². The van der Waals surface area contributed by atoms with Crippen molar-refractivity contribution in [2.45, 2.75) is 40.7 Å². The number of nitrogens with zero attached hydrogens (tertiary/aromatic N) is 2. The van der Waals surface area contributed by atoms with Crippen LogP contribution in [0.4, 0.5) is 5.13 Å². The Hall–Kier alpha value is -0.610. The molecule has 0 saturated carbocycles. The number of thiazole rings is 1. The monoisotopic (exact) mass is 281 g/mol. The van der Waals surface area contributed by atoms with Gasteiger partial charge in [-0.05, 0) is 30.7 Å². The van der Waals surface area contributed by atoms with Crippen LogP contribution in [0.5, 0.6) is 0 Å². The predicted octanol–water partition coefficient (Wildman–Crippen LogP) is 3.37. The van der Waals surface area contributed by atoms with E-state index in [1.54, 1.807) is 11.3 Å². The Morgan fingerprint density at radius 2 is 2.21 bits per heavy atom. The summed E-state index contributed by atoms with van der Waals surface area (Å²) in [6.07, 6.45) is 1.29. The van der Waals surface area contributed by atoms with Crippen molar-refractivity contribution in [2.24, 2.45) is 17.8 Å². The lowest BCUT2D eigenvalue weighted by Gasteiger charge is -2.35. The Morgan fingerprint density at radius 1 is 1.42 bits per heavy atom. The summed E-state index contributed by atoms with van der Waals surface area (Å²) in [4.78, 5) is 7.23. The minimum absolute atomic E-state index is 0.697. The molecular weight excluding hydrogens is 254 g/mol. The fraction of sp³-hybridized carbons (Fsp3) is 0.800. The van der Waals surface area contributed by atoms with Crippen LogP contribution in [0.2, 0.25) is 0 Å². The third kappa shape index (κ3) is 4.18. The van der Waals surface area contributed by atoms with Gasteiger partial charge in [0.2, 0.25) is 0 Å². The fourth-order valence-electron chi connectivity index (χ4n) is 2.45. The number of nitrogens with one attached hydrogen (secondary N) is 1. The number of rotatable bonds is 5. The van der Waals surface area contributed by atoms with E-state index in [-0.39, 0.29) is 0 Å². The molecule has 19 heavy (non-hydrogen) atoms. The SMILES string of the molecule is CC(C)CNCc1csc(N2CCC(C)C(C)C2)n1. The predicted molar refractivity (Wildman–Crippen MR) is 83.8 cm³/mol. The van der Waals surface area contributed by atoms with Gasteiger partial charge in [-0.1, -0.05) is 27.7 Å². The van der Waals surface area contributed by atoms with E-state index >= 15 is 0 Å². The first-order valence-electron chi connectivity index (χ1n) is 7.46. The molecular formula is C15H27N3S. The van der Waals surface area contributed by atoms with E-state index in [0.717, 1.165) is 38.0 Å². The fourth-order valence-corrected chi connectivity index (χ4v) is 3.31. The number of piperidine rings is 1. The van der Waals surface area contributed by atoms with E-state index in [9.17, 15) is 0 Å². The lowest BCUT2D eigenvalue weighted by Crippen LogP contribution is -2.38. The standard InChI is InChI=1S/C15H27N3S/c1-11(2)7-16-8-14-10-19-15(17-14)18-6-5-12(3)13(4)9-18/h10-13,16H,5-9H2,1-4H3. The quantitative estimate of drug-likeness (QED) is 0.897. The molecule has 4 heteroatoms. The lowest BCUT2D eigenvalue weighted by molar-refractivity contribution is 0.323. The molecule has 2 atom stereocenters. The molecule has 1 aliphatic rings. The average Bonchev–Trinajstić information content (AvgIpc) is 2.81. The van der Waals surface area contributed by atoms with E-state index in [4.69, 9.17) is 4.98 Å². The summed E-state index contributed by atoms with van der Waals surface area (Å²) < 4.78 is 0. The minimum Gasteiger partial charge on any atom is -0.348 e. The van der Waals surface area contributed by atoms with Crippen molar-refractivity contribution in [3.63, 3.8) is 0 Å². The first kappa shape index (κ1) is 14.8. The zero-order valence-electron chi connectivity index (χ0n) is 12.6. The third-order valence-corrected chi connectivity index (χ3v) is 4.95. The highest BCUT2D eigenvalue weighted by Crippen LogP contribution is 2.29. The number of anilines is 1. The zero-order valence-corrected chi connectivity index (χ0v) is 13.5. The molecule has 1 aromatic rings. The second-order valence-electron chi connectivity index (χ2n) is 6.34. The summed E-state index contributed by atoms with van der Waals surface area (Å²) in [5, 5.41) is 6.87. The van der Waals surface area contributed by atoms with E-state index in [0.29, 0.717) is 5.92 Å². The van der Waals surface area contributed by atoms with Gasteiger partial charge in [-0.3, -0.25) is 0 Å². The third-order valence-electron chi connectivity index (χ3n) is 4.00. The smallest absolute Gasteiger partial charge is 0.185 e. The van der Waals surface area contributed by atoms with Gasteiger partial charge < -0.3 is 10.2 Å². The highest BCUT2D eigenvalue weighted by Gasteiger charge is 2.24. The Labute approximate surface area is 121 Å². The maximum atomic E-state index is 4.77. The van der Waals surface area contributed by atoms with Crippen molar-refractivity contribution in [3.05, 3.63) is 11.1 Å². The summed E-state index contributed by atoms with van der Waals surface area (Å²) in [5.74, 6) is 2.33. The van der Waals surface area contributed by atoms with Crippen LogP contribution in [0.25, 0.3) is 0 Å². The zero-order chi connectivity index (χ0) is 13.8. The molecule has 0 amide bonds. The van der Waals surface area contributed by atoms with Crippen molar-refractivity contribution in [1.29, 1.82) is 0 Å². The van der Waals surface area contributed by atoms with Crippen LogP contribution < -0.4 is 10.2 Å². The van der Waals surface area contributed by atoms with Gasteiger partial charge in [0.1, 0.15) is 0 Å². The molecule has 1 N–H and O–H groups in total. The van der Waals surface area contributed by atoms with Crippen molar-refractivity contribution in [2.75, 3.05) is 24.5 Å². The first-order chi connectivity index (χ1) is 9.06. The Kier molecular flexibility index (Phi) is 5.22. The molecule has 0 spiro atoms. The van der Waals surface area contributed by atoms with Gasteiger partial charge in [0, 0.05) is 25.0 Å². The summed E-state index contributed by atoms with van der Waals surface area (Å²) in [6, 6.07) is 0. The number of hydrogen-bond acceptors (Lipinski definition) is 4. The molecule has 1 fully saturated rings. The summed E-state index contributed by atoms with van der Waals surface area (Å²) in [6.45, 7) is 13.5. The maximum absolute atomic E-state index is 4.77. The molecule has 0 aliphatic carbocycles. The van der Waals surface area contributed by atoms with Gasteiger partial charge in [-0.25, -0.2) is 4.98 Å². The van der Waals surface area contributed by atoms with Crippen molar-refractivity contribution in [1.82, 2.24) is 10.3 Å². The van der Waals surface area contributed by atoms with Gasteiger partial charge in [0.25, 0.3) is 0 Å². The van der Waals surface area contributed by atoms with Gasteiger partial charge in [0.15, 0.2) is 5.13 Å². The van der Waals surface area contributed by atoms with Crippen molar-refractivity contribution >= 4 is 16.5 Å². The molecule has 0 bridgehead atoms. The molecule has 1 aromatic heterocycles. The van der Waals surface area contributed by atoms with E-state index < -0.39 is 0 Å². The second kappa shape index (κ2) is 6.71. The van der Waals surface area contributed by atoms with E-state index in [1.807, 2.05) is 0 Å². The molecule has 2 unspecified atom stereocenters. The van der Waals surface area contributed by atoms with Crippen LogP contribution in [0.1, 0.15) is 39.8 Å². The normalized spacial score (nSPS) is 24.2. The summed E-state index contributed by atoms with van der Waals surface area (Å²) >= 11 is 1.79. The molecule has 1 saturated heterocycles. The summed E-state index contributed by atoms with van der Waals surface area (Å²) in [5.41, 5.74) is 1.19. The average molecular weight is 281 g/mol. The minimum atomic E-state index is 0.697. The molecule has 1 aliphatic heterocycles. The highest BCUT2D eigenvalue weighted by atomic mass is 32.1. The largest absolute Gasteiger partial charge is 0.348 e.